The molecule has 1 aromatic rings. The molecule has 2 heterocycles. The van der Waals surface area contributed by atoms with Crippen LogP contribution in [0.5, 0.6) is 5.75 Å². The number of benzene rings is 1. The number of hydrogen-bond donors (Lipinski definition) is 3. The lowest BCUT2D eigenvalue weighted by atomic mass is 9.84. The number of nitrogens with one attached hydrogen (secondary N) is 3. The third-order valence-corrected chi connectivity index (χ3v) is 8.89. The third-order valence-electron chi connectivity index (χ3n) is 8.89. The zero-order chi connectivity index (χ0) is 29.6. The number of aliphatic imine (C=N–C) groups is 1. The molecule has 0 aromatic heterocycles. The summed E-state index contributed by atoms with van der Waals surface area (Å²) in [5.41, 5.74) is 1.48. The molecule has 3 N–H and O–H groups in total. The van der Waals surface area contributed by atoms with E-state index >= 15 is 0 Å². The van der Waals surface area contributed by atoms with Crippen molar-refractivity contribution in [3.05, 3.63) is 47.9 Å². The average Bonchev–Trinajstić information content (AvgIpc) is 3.07. The first-order valence-electron chi connectivity index (χ1n) is 15.2. The van der Waals surface area contributed by atoms with Crippen LogP contribution >= 0.6 is 0 Å². The van der Waals surface area contributed by atoms with Crippen molar-refractivity contribution >= 4 is 23.3 Å². The predicted molar refractivity (Wildman–Crippen MR) is 165 cm³/mol. The van der Waals surface area contributed by atoms with E-state index in [1.54, 1.807) is 24.1 Å². The minimum atomic E-state index is -0.514. The molecule has 3 aliphatic rings. The van der Waals surface area contributed by atoms with Gasteiger partial charge in [-0.2, -0.15) is 0 Å². The van der Waals surface area contributed by atoms with Crippen LogP contribution in [0.3, 0.4) is 0 Å². The van der Waals surface area contributed by atoms with Crippen LogP contribution in [0.15, 0.2) is 47.4 Å². The van der Waals surface area contributed by atoms with Gasteiger partial charge in [0.25, 0.3) is 5.91 Å². The van der Waals surface area contributed by atoms with Crippen LogP contribution < -0.4 is 20.7 Å². The molecule has 2 aliphatic heterocycles. The van der Waals surface area contributed by atoms with E-state index in [1.165, 1.54) is 19.3 Å². The number of amides is 2. The summed E-state index contributed by atoms with van der Waals surface area (Å²) < 4.78 is 5.65. The number of likely N-dealkylation sites (N-methyl/N-ethyl adjacent to an activating group) is 1. The number of anilines is 1. The van der Waals surface area contributed by atoms with Crippen LogP contribution in [-0.4, -0.2) is 73.3 Å². The van der Waals surface area contributed by atoms with Gasteiger partial charge >= 0.3 is 0 Å². The number of carbonyl (C=O) groups excluding carboxylic acids is 2. The lowest BCUT2D eigenvalue weighted by Gasteiger charge is -2.39. The highest BCUT2D eigenvalue weighted by atomic mass is 16.5. The van der Waals surface area contributed by atoms with Crippen LogP contribution in [0.4, 0.5) is 5.69 Å². The molecule has 9 heteroatoms. The van der Waals surface area contributed by atoms with E-state index in [4.69, 9.17) is 9.73 Å². The number of methoxy groups -OCH3 is 1. The molecule has 1 aliphatic carbocycles. The van der Waals surface area contributed by atoms with E-state index < -0.39 is 5.41 Å². The third kappa shape index (κ3) is 6.94. The number of amidine groups is 1. The van der Waals surface area contributed by atoms with Crippen molar-refractivity contribution in [3.63, 3.8) is 0 Å². The van der Waals surface area contributed by atoms with Gasteiger partial charge in [-0.25, -0.2) is 4.99 Å². The summed E-state index contributed by atoms with van der Waals surface area (Å²) in [5, 5.41) is 9.74. The number of allylic oxidation sites excluding steroid dienone is 1. The maximum absolute atomic E-state index is 13.6. The molecule has 3 fully saturated rings. The molecule has 1 aromatic carbocycles. The van der Waals surface area contributed by atoms with Crippen molar-refractivity contribution in [3.8, 4) is 5.75 Å². The summed E-state index contributed by atoms with van der Waals surface area (Å²) >= 11 is 0. The quantitative estimate of drug-likeness (QED) is 0.416. The van der Waals surface area contributed by atoms with Gasteiger partial charge in [0, 0.05) is 37.8 Å². The first-order valence-corrected chi connectivity index (χ1v) is 15.2. The highest BCUT2D eigenvalue weighted by Crippen LogP contribution is 2.36. The molecule has 2 atom stereocenters. The Hall–Kier alpha value is -3.33. The van der Waals surface area contributed by atoms with Crippen LogP contribution in [-0.2, 0) is 4.79 Å². The summed E-state index contributed by atoms with van der Waals surface area (Å²) in [7, 11) is 3.43. The number of rotatable bonds is 8. The van der Waals surface area contributed by atoms with Crippen molar-refractivity contribution in [2.45, 2.75) is 84.2 Å². The number of carbonyl (C=O) groups is 2. The summed E-state index contributed by atoms with van der Waals surface area (Å²) in [5.74, 6) is 1.72. The Morgan fingerprint density at radius 1 is 1.24 bits per heavy atom. The van der Waals surface area contributed by atoms with Crippen molar-refractivity contribution in [1.29, 1.82) is 0 Å². The lowest BCUT2D eigenvalue weighted by molar-refractivity contribution is -0.138. The van der Waals surface area contributed by atoms with Gasteiger partial charge in [-0.3, -0.25) is 9.59 Å². The molecule has 4 rings (SSSR count). The minimum absolute atomic E-state index is 0.109. The van der Waals surface area contributed by atoms with Gasteiger partial charge < -0.3 is 30.5 Å². The van der Waals surface area contributed by atoms with Crippen LogP contribution in [0.25, 0.3) is 0 Å². The second kappa shape index (κ2) is 13.6. The fraction of sp³-hybridized carbons (Fsp3) is 0.594. The number of ether oxygens (including phenoxy) is 1. The molecular formula is C32H48N6O3. The molecule has 9 nitrogen and oxygen atoms in total. The van der Waals surface area contributed by atoms with E-state index in [0.717, 1.165) is 56.7 Å². The van der Waals surface area contributed by atoms with Crippen molar-refractivity contribution in [2.24, 2.45) is 10.4 Å². The van der Waals surface area contributed by atoms with Crippen molar-refractivity contribution in [2.75, 3.05) is 39.1 Å². The molecule has 2 amide bonds. The Morgan fingerprint density at radius 2 is 2.00 bits per heavy atom. The number of piperidine rings is 1. The normalized spacial score (nSPS) is 26.2. The highest BCUT2D eigenvalue weighted by molar-refractivity contribution is 6.04. The van der Waals surface area contributed by atoms with Gasteiger partial charge in [-0.1, -0.05) is 38.8 Å². The van der Waals surface area contributed by atoms with Gasteiger partial charge in [0.05, 0.1) is 23.9 Å². The maximum atomic E-state index is 13.6. The molecule has 0 radical (unpaired) electrons. The van der Waals surface area contributed by atoms with Gasteiger partial charge in [-0.05, 0) is 70.7 Å². The molecule has 2 saturated heterocycles. The molecule has 41 heavy (non-hydrogen) atoms. The van der Waals surface area contributed by atoms with E-state index in [0.29, 0.717) is 35.4 Å². The van der Waals surface area contributed by atoms with Gasteiger partial charge in [0.2, 0.25) is 5.91 Å². The first kappa shape index (κ1) is 30.6. The summed E-state index contributed by atoms with van der Waals surface area (Å²) in [4.78, 5) is 35.7. The Bertz CT molecular complexity index is 1180. The van der Waals surface area contributed by atoms with Crippen molar-refractivity contribution < 1.29 is 14.3 Å². The minimum Gasteiger partial charge on any atom is -0.495 e. The Morgan fingerprint density at radius 3 is 2.63 bits per heavy atom. The fourth-order valence-electron chi connectivity index (χ4n) is 6.22. The smallest absolute Gasteiger partial charge is 0.251 e. The molecule has 224 valence electrons. The second-order valence-electron chi connectivity index (χ2n) is 11.8. The first-order chi connectivity index (χ1) is 19.7. The SMILES string of the molecule is C=C(/N=C1\C(=C/C)N(C)C(=O)[C@@](C)(CC)CN1C1CCCCC1)Nc1ccc(C(=O)N[C@H]2CCCNC2)cc1OC. The zero-order valence-corrected chi connectivity index (χ0v) is 25.5. The van der Waals surface area contributed by atoms with Crippen LogP contribution in [0, 0.1) is 5.41 Å². The summed E-state index contributed by atoms with van der Waals surface area (Å²) in [6.45, 7) is 12.7. The van der Waals surface area contributed by atoms with E-state index in [1.807, 2.05) is 26.1 Å². The largest absolute Gasteiger partial charge is 0.495 e. The molecule has 1 saturated carbocycles. The average molecular weight is 565 g/mol. The van der Waals surface area contributed by atoms with Gasteiger partial charge in [-0.15, -0.1) is 0 Å². The molecule has 0 spiro atoms. The second-order valence-corrected chi connectivity index (χ2v) is 11.8. The van der Waals surface area contributed by atoms with E-state index in [9.17, 15) is 9.59 Å². The van der Waals surface area contributed by atoms with E-state index in [2.05, 4.69) is 41.3 Å². The van der Waals surface area contributed by atoms with Crippen molar-refractivity contribution in [1.82, 2.24) is 20.4 Å². The lowest BCUT2D eigenvalue weighted by Crippen LogP contribution is -2.47. The van der Waals surface area contributed by atoms with Crippen LogP contribution in [0.1, 0.15) is 82.5 Å². The Balaban J connectivity index is 1.61. The predicted octanol–water partition coefficient (Wildman–Crippen LogP) is 4.89. The Kier molecular flexibility index (Phi) is 10.1. The fourth-order valence-corrected chi connectivity index (χ4v) is 6.22. The standard InChI is InChI=1S/C32H48N6O3/c1-7-27-29(38(25-14-10-9-11-15-25)21-32(4,8-2)31(40)37(27)5)35-22(3)34-26-17-16-23(19-28(26)41-6)30(39)36-24-13-12-18-33-20-24/h7,16-17,19,24-25,33-34H,3,8-15,18,20-21H2,1-2,4-6H3,(H,36,39)/b27-7+,35-29+/t24-,32-/m0/s1. The number of nitrogens with zero attached hydrogens (tertiary/aromatic N) is 3. The van der Waals surface area contributed by atoms with Gasteiger partial charge in [0.1, 0.15) is 11.6 Å². The van der Waals surface area contributed by atoms with E-state index in [-0.39, 0.29) is 17.9 Å². The Labute approximate surface area is 245 Å². The topological polar surface area (TPSA) is 98.3 Å². The zero-order valence-electron chi connectivity index (χ0n) is 25.5. The van der Waals surface area contributed by atoms with Gasteiger partial charge in [0.15, 0.2) is 5.84 Å². The van der Waals surface area contributed by atoms with Crippen LogP contribution in [0.2, 0.25) is 0 Å². The number of hydrogen-bond acceptors (Lipinski definition) is 6. The maximum Gasteiger partial charge on any atom is 0.251 e. The molecule has 0 bridgehead atoms. The monoisotopic (exact) mass is 564 g/mol. The summed E-state index contributed by atoms with van der Waals surface area (Å²) in [6, 6.07) is 5.80. The highest BCUT2D eigenvalue weighted by Gasteiger charge is 2.44. The summed E-state index contributed by atoms with van der Waals surface area (Å²) in [6.07, 6.45) is 10.5. The molecular weight excluding hydrogens is 516 g/mol. The molecule has 0 unspecified atom stereocenters.